The number of halogens is 1. The maximum atomic E-state index is 6.76. The zero-order chi connectivity index (χ0) is 23.5. The molecule has 1 saturated heterocycles. The third-order valence-corrected chi connectivity index (χ3v) is 7.34. The predicted molar refractivity (Wildman–Crippen MR) is 146 cm³/mol. The van der Waals surface area contributed by atoms with Crippen LogP contribution in [-0.2, 0) is 6.42 Å². The van der Waals surface area contributed by atoms with Gasteiger partial charge in [-0.05, 0) is 80.0 Å². The van der Waals surface area contributed by atoms with Gasteiger partial charge in [0.1, 0.15) is 6.17 Å². The molecule has 5 rings (SSSR count). The lowest BCUT2D eigenvalue weighted by atomic mass is 9.89. The lowest BCUT2D eigenvalue weighted by molar-refractivity contribution is 0.404. The number of benzene rings is 3. The molecule has 2 heterocycles. The zero-order valence-corrected chi connectivity index (χ0v) is 20.7. The highest BCUT2D eigenvalue weighted by Gasteiger charge is 2.22. The van der Waals surface area contributed by atoms with Crippen molar-refractivity contribution in [1.29, 1.82) is 0 Å². The van der Waals surface area contributed by atoms with Crippen LogP contribution in [0.5, 0.6) is 0 Å². The molecule has 0 spiro atoms. The van der Waals surface area contributed by atoms with Crippen LogP contribution in [0.25, 0.3) is 11.1 Å². The standard InChI is InChI=1S/C30H32ClN3/c1-22-14-19-34(23(2)32-22)28-12-13-30(29(31)21-28)33-17-15-25(16-18-33)20-24-8-10-27(11-9-24)26-6-4-3-5-7-26/h3-14,19,21,23,25H,15-18,20H2,1-2H3. The third kappa shape index (κ3) is 5.05. The van der Waals surface area contributed by atoms with Crippen LogP contribution in [0, 0.1) is 5.92 Å². The fraction of sp³-hybridized carbons (Fsp3) is 0.300. The molecule has 4 heteroatoms. The van der Waals surface area contributed by atoms with Crippen LogP contribution in [0.1, 0.15) is 32.3 Å². The lowest BCUT2D eigenvalue weighted by Gasteiger charge is -2.35. The normalized spacial score (nSPS) is 18.8. The van der Waals surface area contributed by atoms with Crippen molar-refractivity contribution in [3.05, 3.63) is 95.7 Å². The van der Waals surface area contributed by atoms with E-state index in [1.807, 2.05) is 13.0 Å². The summed E-state index contributed by atoms with van der Waals surface area (Å²) in [4.78, 5) is 9.26. The SMILES string of the molecule is CC1=NC(C)N(c2ccc(N3CCC(Cc4ccc(-c5ccccc5)cc4)CC3)c(Cl)c2)C=C1. The highest BCUT2D eigenvalue weighted by molar-refractivity contribution is 6.33. The number of rotatable bonds is 5. The van der Waals surface area contributed by atoms with Crippen molar-refractivity contribution in [3.8, 4) is 11.1 Å². The van der Waals surface area contributed by atoms with Gasteiger partial charge in [0, 0.05) is 30.7 Å². The monoisotopic (exact) mass is 469 g/mol. The number of hydrogen-bond acceptors (Lipinski definition) is 3. The van der Waals surface area contributed by atoms with E-state index in [2.05, 4.69) is 101 Å². The lowest BCUT2D eigenvalue weighted by Crippen LogP contribution is -2.34. The minimum Gasteiger partial charge on any atom is -0.370 e. The van der Waals surface area contributed by atoms with E-state index in [1.54, 1.807) is 0 Å². The van der Waals surface area contributed by atoms with Crippen molar-refractivity contribution in [1.82, 2.24) is 0 Å². The van der Waals surface area contributed by atoms with Crippen molar-refractivity contribution < 1.29 is 0 Å². The summed E-state index contributed by atoms with van der Waals surface area (Å²) in [6, 6.07) is 26.1. The summed E-state index contributed by atoms with van der Waals surface area (Å²) in [5, 5.41) is 0.819. The Morgan fingerprint density at radius 3 is 2.29 bits per heavy atom. The summed E-state index contributed by atoms with van der Waals surface area (Å²) in [7, 11) is 0. The van der Waals surface area contributed by atoms with Gasteiger partial charge in [-0.15, -0.1) is 0 Å². The molecular formula is C30H32ClN3. The van der Waals surface area contributed by atoms with Gasteiger partial charge in [0.05, 0.1) is 10.7 Å². The number of piperidine rings is 1. The van der Waals surface area contributed by atoms with Crippen molar-refractivity contribution in [3.63, 3.8) is 0 Å². The van der Waals surface area contributed by atoms with Gasteiger partial charge in [-0.3, -0.25) is 4.99 Å². The summed E-state index contributed by atoms with van der Waals surface area (Å²) in [6.07, 6.45) is 7.76. The van der Waals surface area contributed by atoms with Crippen LogP contribution in [-0.4, -0.2) is 25.0 Å². The molecule has 1 fully saturated rings. The Hall–Kier alpha value is -3.04. The first-order valence-corrected chi connectivity index (χ1v) is 12.6. The molecule has 1 atom stereocenters. The molecule has 0 bridgehead atoms. The zero-order valence-electron chi connectivity index (χ0n) is 20.0. The minimum atomic E-state index is 0.0874. The van der Waals surface area contributed by atoms with Gasteiger partial charge in [-0.2, -0.15) is 0 Å². The van der Waals surface area contributed by atoms with Gasteiger partial charge >= 0.3 is 0 Å². The highest BCUT2D eigenvalue weighted by Crippen LogP contribution is 2.35. The summed E-state index contributed by atoms with van der Waals surface area (Å²) in [5.41, 5.74) is 7.28. The summed E-state index contributed by atoms with van der Waals surface area (Å²) in [5.74, 6) is 0.720. The van der Waals surface area contributed by atoms with E-state index in [0.717, 1.165) is 47.5 Å². The molecule has 0 saturated carbocycles. The van der Waals surface area contributed by atoms with Crippen LogP contribution in [0.15, 0.2) is 90.1 Å². The van der Waals surface area contributed by atoms with E-state index in [-0.39, 0.29) is 6.17 Å². The van der Waals surface area contributed by atoms with E-state index in [4.69, 9.17) is 11.6 Å². The van der Waals surface area contributed by atoms with Crippen LogP contribution >= 0.6 is 11.6 Å². The smallest absolute Gasteiger partial charge is 0.122 e. The van der Waals surface area contributed by atoms with Crippen LogP contribution in [0.3, 0.4) is 0 Å². The van der Waals surface area contributed by atoms with Crippen molar-refractivity contribution in [2.24, 2.45) is 10.9 Å². The number of hydrogen-bond donors (Lipinski definition) is 0. The van der Waals surface area contributed by atoms with Gasteiger partial charge in [0.25, 0.3) is 0 Å². The Morgan fingerprint density at radius 1 is 0.912 bits per heavy atom. The fourth-order valence-corrected chi connectivity index (χ4v) is 5.40. The molecule has 2 aliphatic heterocycles. The molecular weight excluding hydrogens is 438 g/mol. The average molecular weight is 470 g/mol. The maximum Gasteiger partial charge on any atom is 0.122 e. The van der Waals surface area contributed by atoms with E-state index in [0.29, 0.717) is 0 Å². The largest absolute Gasteiger partial charge is 0.370 e. The fourth-order valence-electron chi connectivity index (χ4n) is 5.10. The van der Waals surface area contributed by atoms with Crippen molar-refractivity contribution in [2.75, 3.05) is 22.9 Å². The Kier molecular flexibility index (Phi) is 6.73. The number of nitrogens with zero attached hydrogens (tertiary/aromatic N) is 3. The molecule has 0 amide bonds. The molecule has 34 heavy (non-hydrogen) atoms. The molecule has 0 N–H and O–H groups in total. The van der Waals surface area contributed by atoms with Crippen LogP contribution in [0.2, 0.25) is 5.02 Å². The van der Waals surface area contributed by atoms with Gasteiger partial charge < -0.3 is 9.80 Å². The van der Waals surface area contributed by atoms with Crippen molar-refractivity contribution in [2.45, 2.75) is 39.3 Å². The third-order valence-electron chi connectivity index (χ3n) is 7.04. The second kappa shape index (κ2) is 10.1. The molecule has 3 aromatic rings. The van der Waals surface area contributed by atoms with Gasteiger partial charge in [0.2, 0.25) is 0 Å². The van der Waals surface area contributed by atoms with E-state index in [1.165, 1.54) is 29.5 Å². The molecule has 2 aliphatic rings. The average Bonchev–Trinajstić information content (AvgIpc) is 2.86. The Bertz CT molecular complexity index is 1180. The van der Waals surface area contributed by atoms with Crippen LogP contribution in [0.4, 0.5) is 11.4 Å². The van der Waals surface area contributed by atoms with Gasteiger partial charge in [-0.25, -0.2) is 0 Å². The molecule has 1 unspecified atom stereocenters. The quantitative estimate of drug-likeness (QED) is 0.383. The molecule has 0 radical (unpaired) electrons. The Labute approximate surface area is 208 Å². The van der Waals surface area contributed by atoms with Gasteiger partial charge in [-0.1, -0.05) is 66.2 Å². The maximum absolute atomic E-state index is 6.76. The summed E-state index contributed by atoms with van der Waals surface area (Å²) in [6.45, 7) is 6.24. The van der Waals surface area contributed by atoms with E-state index >= 15 is 0 Å². The molecule has 174 valence electrons. The predicted octanol–water partition coefficient (Wildman–Crippen LogP) is 7.61. The minimum absolute atomic E-state index is 0.0874. The van der Waals surface area contributed by atoms with Crippen LogP contribution < -0.4 is 9.80 Å². The topological polar surface area (TPSA) is 18.8 Å². The summed E-state index contributed by atoms with van der Waals surface area (Å²) < 4.78 is 0. The molecule has 3 nitrogen and oxygen atoms in total. The summed E-state index contributed by atoms with van der Waals surface area (Å²) >= 11 is 6.76. The second-order valence-corrected chi connectivity index (χ2v) is 9.87. The number of aliphatic imine (C=N–C) groups is 1. The molecule has 3 aromatic carbocycles. The Morgan fingerprint density at radius 2 is 1.62 bits per heavy atom. The second-order valence-electron chi connectivity index (χ2n) is 9.46. The first-order chi connectivity index (χ1) is 16.6. The Balaban J connectivity index is 1.18. The van der Waals surface area contributed by atoms with Crippen molar-refractivity contribution >= 4 is 28.7 Å². The first-order valence-electron chi connectivity index (χ1n) is 12.3. The van der Waals surface area contributed by atoms with E-state index < -0.39 is 0 Å². The molecule has 0 aromatic heterocycles. The number of anilines is 2. The highest BCUT2D eigenvalue weighted by atomic mass is 35.5. The first kappa shape index (κ1) is 22.7. The molecule has 0 aliphatic carbocycles. The number of allylic oxidation sites excluding steroid dienone is 1. The van der Waals surface area contributed by atoms with E-state index in [9.17, 15) is 0 Å². The van der Waals surface area contributed by atoms with Gasteiger partial charge in [0.15, 0.2) is 0 Å².